The van der Waals surface area contributed by atoms with E-state index in [9.17, 15) is 14.7 Å². The fourth-order valence-corrected chi connectivity index (χ4v) is 5.69. The summed E-state index contributed by atoms with van der Waals surface area (Å²) in [6, 6.07) is 0. The van der Waals surface area contributed by atoms with Crippen LogP contribution < -0.4 is 0 Å². The van der Waals surface area contributed by atoms with E-state index in [0.29, 0.717) is 19.3 Å². The van der Waals surface area contributed by atoms with Gasteiger partial charge in [0.15, 0.2) is 6.10 Å². The summed E-state index contributed by atoms with van der Waals surface area (Å²) in [6.07, 6.45) is 56.9. The number of ether oxygens (including phenoxy) is 2. The number of esters is 2. The molecule has 0 spiro atoms. The molecule has 0 bridgehead atoms. The van der Waals surface area contributed by atoms with Gasteiger partial charge in [-0.2, -0.15) is 0 Å². The van der Waals surface area contributed by atoms with Crippen LogP contribution in [0, 0.1) is 0 Å². The number of unbranched alkanes of at least 4 members (excludes halogenated alkanes) is 18. The Morgan fingerprint density at radius 1 is 0.442 bits per heavy atom. The molecule has 0 aliphatic heterocycles. The highest BCUT2D eigenvalue weighted by molar-refractivity contribution is 5.70. The van der Waals surface area contributed by atoms with Gasteiger partial charge in [-0.15, -0.1) is 0 Å². The lowest BCUT2D eigenvalue weighted by Gasteiger charge is -2.15. The van der Waals surface area contributed by atoms with Crippen LogP contribution in [-0.4, -0.2) is 36.4 Å². The van der Waals surface area contributed by atoms with Crippen LogP contribution in [0.25, 0.3) is 0 Å². The molecule has 0 heterocycles. The smallest absolute Gasteiger partial charge is 0.306 e. The molecular weight excluding hydrogens is 645 g/mol. The molecule has 0 fully saturated rings. The summed E-state index contributed by atoms with van der Waals surface area (Å²) in [4.78, 5) is 24.3. The van der Waals surface area contributed by atoms with E-state index in [1.54, 1.807) is 0 Å². The first kappa shape index (κ1) is 49.3. The minimum atomic E-state index is -0.801. The minimum absolute atomic E-state index is 0.101. The summed E-state index contributed by atoms with van der Waals surface area (Å²) in [7, 11) is 0. The van der Waals surface area contributed by atoms with Crippen molar-refractivity contribution in [2.24, 2.45) is 0 Å². The lowest BCUT2D eigenvalue weighted by atomic mass is 10.1. The summed E-state index contributed by atoms with van der Waals surface area (Å²) in [5, 5.41) is 9.57. The fourth-order valence-electron chi connectivity index (χ4n) is 5.69. The maximum Gasteiger partial charge on any atom is 0.306 e. The Morgan fingerprint density at radius 2 is 0.788 bits per heavy atom. The van der Waals surface area contributed by atoms with Crippen LogP contribution in [0.2, 0.25) is 0 Å². The van der Waals surface area contributed by atoms with Crippen molar-refractivity contribution in [1.29, 1.82) is 0 Å². The predicted octanol–water partition coefficient (Wildman–Crippen LogP) is 13.7. The van der Waals surface area contributed by atoms with Crippen molar-refractivity contribution in [3.05, 3.63) is 72.9 Å². The van der Waals surface area contributed by atoms with E-state index in [1.165, 1.54) is 103 Å². The van der Waals surface area contributed by atoms with Crippen molar-refractivity contribution in [2.75, 3.05) is 13.2 Å². The maximum atomic E-state index is 12.2. The number of allylic oxidation sites excluding steroid dienone is 12. The zero-order chi connectivity index (χ0) is 37.8. The van der Waals surface area contributed by atoms with Gasteiger partial charge in [-0.05, 0) is 83.5 Å². The van der Waals surface area contributed by atoms with Crippen LogP contribution in [0.5, 0.6) is 0 Å². The molecule has 0 aliphatic carbocycles. The van der Waals surface area contributed by atoms with Crippen LogP contribution >= 0.6 is 0 Å². The Hall–Kier alpha value is -2.66. The van der Waals surface area contributed by atoms with Gasteiger partial charge >= 0.3 is 11.9 Å². The normalized spacial score (nSPS) is 12.9. The topological polar surface area (TPSA) is 72.8 Å². The van der Waals surface area contributed by atoms with Crippen molar-refractivity contribution in [3.63, 3.8) is 0 Å². The summed E-state index contributed by atoms with van der Waals surface area (Å²) in [5.74, 6) is -0.669. The monoisotopic (exact) mass is 725 g/mol. The Kier molecular flexibility index (Phi) is 40.6. The molecule has 0 radical (unpaired) electrons. The van der Waals surface area contributed by atoms with E-state index >= 15 is 0 Å². The average molecular weight is 725 g/mol. The number of rotatable bonds is 38. The van der Waals surface area contributed by atoms with E-state index in [0.717, 1.165) is 57.8 Å². The molecule has 0 aromatic heterocycles. The first-order valence-corrected chi connectivity index (χ1v) is 21.5. The van der Waals surface area contributed by atoms with E-state index in [2.05, 4.69) is 86.8 Å². The molecule has 0 saturated carbocycles. The highest BCUT2D eigenvalue weighted by Gasteiger charge is 2.16. The molecule has 298 valence electrons. The summed E-state index contributed by atoms with van der Waals surface area (Å²) in [5.41, 5.74) is 0. The number of carbonyl (C=O) groups excluding carboxylic acids is 2. The Balaban J connectivity index is 3.67. The highest BCUT2D eigenvalue weighted by Crippen LogP contribution is 2.12. The largest absolute Gasteiger partial charge is 0.462 e. The van der Waals surface area contributed by atoms with Gasteiger partial charge in [0.2, 0.25) is 0 Å². The molecular formula is C47H80O5. The van der Waals surface area contributed by atoms with Crippen molar-refractivity contribution in [2.45, 2.75) is 200 Å². The second kappa shape index (κ2) is 42.8. The van der Waals surface area contributed by atoms with Gasteiger partial charge in [-0.1, -0.05) is 170 Å². The average Bonchev–Trinajstić information content (AvgIpc) is 3.15. The highest BCUT2D eigenvalue weighted by atomic mass is 16.6. The van der Waals surface area contributed by atoms with Crippen LogP contribution in [0.3, 0.4) is 0 Å². The van der Waals surface area contributed by atoms with Gasteiger partial charge in [-0.25, -0.2) is 0 Å². The quantitative estimate of drug-likeness (QED) is 0.0390. The van der Waals surface area contributed by atoms with E-state index < -0.39 is 6.10 Å². The molecule has 1 N–H and O–H groups in total. The van der Waals surface area contributed by atoms with Crippen LogP contribution in [0.1, 0.15) is 194 Å². The standard InChI is InChI=1S/C47H80O5/c1-3-5-7-9-11-13-15-17-19-21-22-23-24-26-27-29-31-33-35-37-39-41-46(49)51-44-45(43-48)52-47(50)42-40-38-36-34-32-30-28-25-20-18-16-14-12-10-8-6-4-2/h12,14,18-21,23-24,27,29,33,35,45,48H,3-11,13,15-17,22,25-26,28,30-32,34,36-44H2,1-2H3/b14-12+,20-18+,21-19+,24-23+,29-27+,35-33+/t45-/m0/s1. The van der Waals surface area contributed by atoms with Crippen molar-refractivity contribution in [3.8, 4) is 0 Å². The molecule has 1 atom stereocenters. The molecule has 0 aliphatic rings. The van der Waals surface area contributed by atoms with Crippen molar-refractivity contribution >= 4 is 11.9 Å². The van der Waals surface area contributed by atoms with Gasteiger partial charge in [0.25, 0.3) is 0 Å². The maximum absolute atomic E-state index is 12.2. The molecule has 0 rings (SSSR count). The van der Waals surface area contributed by atoms with Crippen LogP contribution in [0.4, 0.5) is 0 Å². The molecule has 0 unspecified atom stereocenters. The predicted molar refractivity (Wildman–Crippen MR) is 223 cm³/mol. The molecule has 52 heavy (non-hydrogen) atoms. The lowest BCUT2D eigenvalue weighted by Crippen LogP contribution is -2.28. The third-order valence-electron chi connectivity index (χ3n) is 8.97. The second-order valence-electron chi connectivity index (χ2n) is 14.1. The van der Waals surface area contributed by atoms with Gasteiger partial charge in [-0.3, -0.25) is 9.59 Å². The van der Waals surface area contributed by atoms with Gasteiger partial charge < -0.3 is 14.6 Å². The number of hydrogen-bond acceptors (Lipinski definition) is 5. The first-order valence-electron chi connectivity index (χ1n) is 21.5. The second-order valence-corrected chi connectivity index (χ2v) is 14.1. The summed E-state index contributed by atoms with van der Waals surface area (Å²) in [6.45, 7) is 4.05. The molecule has 5 heteroatoms. The van der Waals surface area contributed by atoms with Crippen LogP contribution in [-0.2, 0) is 19.1 Å². The zero-order valence-electron chi connectivity index (χ0n) is 33.8. The van der Waals surface area contributed by atoms with E-state index in [4.69, 9.17) is 9.47 Å². The van der Waals surface area contributed by atoms with E-state index in [1.807, 2.05) is 0 Å². The van der Waals surface area contributed by atoms with Crippen molar-refractivity contribution < 1.29 is 24.2 Å². The first-order chi connectivity index (χ1) is 25.6. The number of hydrogen-bond donors (Lipinski definition) is 1. The number of aliphatic hydroxyl groups excluding tert-OH is 1. The zero-order valence-corrected chi connectivity index (χ0v) is 33.8. The molecule has 5 nitrogen and oxygen atoms in total. The molecule has 0 amide bonds. The summed E-state index contributed by atoms with van der Waals surface area (Å²) >= 11 is 0. The SMILES string of the molecule is CCCCC/C=C/C/C=C/CCCCCCCCCC(=O)O[C@@H](CO)COC(=O)CCC/C=C/C/C=C/C/C=C/C/C=C/CCCCCCCCC. The Morgan fingerprint density at radius 3 is 1.25 bits per heavy atom. The summed E-state index contributed by atoms with van der Waals surface area (Å²) < 4.78 is 10.6. The molecule has 0 aromatic rings. The third kappa shape index (κ3) is 40.1. The van der Waals surface area contributed by atoms with E-state index in [-0.39, 0.29) is 25.2 Å². The van der Waals surface area contributed by atoms with Crippen LogP contribution in [0.15, 0.2) is 72.9 Å². The van der Waals surface area contributed by atoms with Crippen molar-refractivity contribution in [1.82, 2.24) is 0 Å². The lowest BCUT2D eigenvalue weighted by molar-refractivity contribution is -0.161. The van der Waals surface area contributed by atoms with Gasteiger partial charge in [0, 0.05) is 12.8 Å². The number of aliphatic hydroxyl groups is 1. The third-order valence-corrected chi connectivity index (χ3v) is 8.97. The Bertz CT molecular complexity index is 957. The molecule has 0 aromatic carbocycles. The Labute approximate surface area is 321 Å². The molecule has 0 saturated heterocycles. The number of carbonyl (C=O) groups is 2. The van der Waals surface area contributed by atoms with Gasteiger partial charge in [0.1, 0.15) is 6.61 Å². The fraction of sp³-hybridized carbons (Fsp3) is 0.702. The minimum Gasteiger partial charge on any atom is -0.462 e. The van der Waals surface area contributed by atoms with Gasteiger partial charge in [0.05, 0.1) is 6.61 Å².